The van der Waals surface area contributed by atoms with Crippen LogP contribution in [0.15, 0.2) is 84.9 Å². The van der Waals surface area contributed by atoms with Crippen molar-refractivity contribution in [3.8, 4) is 0 Å². The molecular formula is C32H32N4O5. The average molecular weight is 553 g/mol. The van der Waals surface area contributed by atoms with E-state index in [1.54, 1.807) is 29.2 Å². The van der Waals surface area contributed by atoms with Crippen molar-refractivity contribution in [2.24, 2.45) is 0 Å². The fraction of sp³-hybridized carbons (Fsp3) is 0.250. The number of carboxylic acid groups (broad SMARTS) is 1. The second-order valence-electron chi connectivity index (χ2n) is 10.4. The molecule has 9 heteroatoms. The lowest BCUT2D eigenvalue weighted by molar-refractivity contribution is -0.137. The van der Waals surface area contributed by atoms with Crippen LogP contribution in [0.2, 0.25) is 0 Å². The van der Waals surface area contributed by atoms with Gasteiger partial charge in [0.05, 0.1) is 0 Å². The monoisotopic (exact) mass is 552 g/mol. The Hall–Kier alpha value is -4.92. The van der Waals surface area contributed by atoms with Crippen molar-refractivity contribution in [3.05, 3.63) is 96.2 Å². The Labute approximate surface area is 238 Å². The highest BCUT2D eigenvalue weighted by molar-refractivity contribution is 6.08. The maximum atomic E-state index is 14.0. The van der Waals surface area contributed by atoms with Gasteiger partial charge in [-0.15, -0.1) is 0 Å². The molecule has 210 valence electrons. The first kappa shape index (κ1) is 27.6. The summed E-state index contributed by atoms with van der Waals surface area (Å²) >= 11 is 0. The summed E-state index contributed by atoms with van der Waals surface area (Å²) in [7, 11) is 0. The number of aryl methyl sites for hydroxylation is 1. The number of amides is 3. The number of carbonyl (C=O) groups is 4. The molecule has 1 atom stereocenters. The molecule has 0 aliphatic carbocycles. The zero-order valence-corrected chi connectivity index (χ0v) is 23.0. The van der Waals surface area contributed by atoms with Gasteiger partial charge in [-0.1, -0.05) is 54.6 Å². The number of nitrogens with zero attached hydrogens (tertiary/aromatic N) is 3. The molecule has 9 nitrogen and oxygen atoms in total. The predicted octanol–water partition coefficient (Wildman–Crippen LogP) is 4.25. The van der Waals surface area contributed by atoms with Crippen LogP contribution < -0.4 is 15.1 Å². The lowest BCUT2D eigenvalue weighted by Gasteiger charge is -2.31. The molecule has 3 aromatic carbocycles. The van der Waals surface area contributed by atoms with E-state index in [4.69, 9.17) is 0 Å². The molecule has 0 bridgehead atoms. The van der Waals surface area contributed by atoms with Crippen molar-refractivity contribution in [2.75, 3.05) is 16.3 Å². The van der Waals surface area contributed by atoms with Crippen LogP contribution in [0, 0.1) is 0 Å². The zero-order valence-electron chi connectivity index (χ0n) is 23.0. The van der Waals surface area contributed by atoms with Crippen molar-refractivity contribution in [1.29, 1.82) is 0 Å². The lowest BCUT2D eigenvalue weighted by atomic mass is 10.1. The third-order valence-corrected chi connectivity index (χ3v) is 7.30. The minimum Gasteiger partial charge on any atom is -0.480 e. The van der Waals surface area contributed by atoms with Gasteiger partial charge in [-0.25, -0.2) is 0 Å². The number of benzene rings is 3. The Morgan fingerprint density at radius 3 is 2.37 bits per heavy atom. The highest BCUT2D eigenvalue weighted by atomic mass is 16.4. The molecule has 0 spiro atoms. The molecule has 1 unspecified atom stereocenters. The summed E-state index contributed by atoms with van der Waals surface area (Å²) in [5.74, 6) is -2.28. The van der Waals surface area contributed by atoms with Crippen LogP contribution in [-0.4, -0.2) is 52.0 Å². The molecule has 41 heavy (non-hydrogen) atoms. The van der Waals surface area contributed by atoms with Gasteiger partial charge in [0.2, 0.25) is 11.8 Å². The highest BCUT2D eigenvalue weighted by Gasteiger charge is 2.34. The second-order valence-corrected chi connectivity index (χ2v) is 10.4. The Bertz CT molecular complexity index is 1610. The van der Waals surface area contributed by atoms with Gasteiger partial charge in [-0.05, 0) is 62.6 Å². The van der Waals surface area contributed by atoms with Gasteiger partial charge in [-0.2, -0.15) is 0 Å². The predicted molar refractivity (Wildman–Crippen MR) is 157 cm³/mol. The van der Waals surface area contributed by atoms with E-state index in [0.29, 0.717) is 24.0 Å². The van der Waals surface area contributed by atoms with E-state index in [0.717, 1.165) is 16.6 Å². The number of hydrogen-bond donors (Lipinski definition) is 2. The summed E-state index contributed by atoms with van der Waals surface area (Å²) in [5.41, 5.74) is 3.04. The fourth-order valence-electron chi connectivity index (χ4n) is 5.48. The van der Waals surface area contributed by atoms with E-state index >= 15 is 0 Å². The molecule has 4 aromatic rings. The zero-order chi connectivity index (χ0) is 29.1. The lowest BCUT2D eigenvalue weighted by Crippen LogP contribution is -2.52. The standard InChI is InChI=1S/C32H32N4O5/c1-21(2)36(24-12-4-3-5-13-24)29(37)19-35-26-14-8-6-10-22(26)16-17-25(32(35)41)33-31(40)28-18-23-11-7-9-15-27(23)34(28)20-30(38)39/h3-15,18,21,25H,16-17,19-20H2,1-2H3,(H,33,40)(H,38,39). The molecule has 1 aliphatic rings. The van der Waals surface area contributed by atoms with Crippen LogP contribution >= 0.6 is 0 Å². The molecule has 0 saturated carbocycles. The molecule has 2 heterocycles. The number of carbonyl (C=O) groups excluding carboxylic acids is 3. The molecule has 5 rings (SSSR count). The Morgan fingerprint density at radius 1 is 0.951 bits per heavy atom. The molecule has 2 N–H and O–H groups in total. The summed E-state index contributed by atoms with van der Waals surface area (Å²) in [4.78, 5) is 56.0. The third kappa shape index (κ3) is 5.70. The topological polar surface area (TPSA) is 112 Å². The minimum atomic E-state index is -1.08. The van der Waals surface area contributed by atoms with E-state index < -0.39 is 30.4 Å². The van der Waals surface area contributed by atoms with Crippen LogP contribution in [-0.2, 0) is 27.3 Å². The van der Waals surface area contributed by atoms with Crippen molar-refractivity contribution in [1.82, 2.24) is 9.88 Å². The number of nitrogens with one attached hydrogen (secondary N) is 1. The quantitative estimate of drug-likeness (QED) is 0.340. The molecule has 0 radical (unpaired) electrons. The van der Waals surface area contributed by atoms with Crippen LogP contribution in [0.25, 0.3) is 10.9 Å². The van der Waals surface area contributed by atoms with Gasteiger partial charge >= 0.3 is 5.97 Å². The number of aliphatic carboxylic acids is 1. The van der Waals surface area contributed by atoms with Crippen molar-refractivity contribution in [2.45, 2.75) is 45.3 Å². The first-order chi connectivity index (χ1) is 19.7. The van der Waals surface area contributed by atoms with E-state index in [2.05, 4.69) is 5.32 Å². The van der Waals surface area contributed by atoms with Crippen LogP contribution in [0.4, 0.5) is 11.4 Å². The summed E-state index contributed by atoms with van der Waals surface area (Å²) in [5, 5.41) is 13.1. The highest BCUT2D eigenvalue weighted by Crippen LogP contribution is 2.28. The number of fused-ring (bicyclic) bond motifs is 2. The molecule has 1 aromatic heterocycles. The van der Waals surface area contributed by atoms with E-state index in [-0.39, 0.29) is 24.2 Å². The first-order valence-electron chi connectivity index (χ1n) is 13.6. The molecular weight excluding hydrogens is 520 g/mol. The summed E-state index contributed by atoms with van der Waals surface area (Å²) in [6.07, 6.45) is 0.847. The first-order valence-corrected chi connectivity index (χ1v) is 13.6. The Kier molecular flexibility index (Phi) is 7.87. The van der Waals surface area contributed by atoms with E-state index in [1.807, 2.05) is 74.5 Å². The number of para-hydroxylation sites is 3. The van der Waals surface area contributed by atoms with Crippen LogP contribution in [0.3, 0.4) is 0 Å². The SMILES string of the molecule is CC(C)N(C(=O)CN1C(=O)C(NC(=O)c2cc3ccccc3n2CC(=O)O)CCc2ccccc21)c1ccccc1. The average Bonchev–Trinajstić information content (AvgIpc) is 3.26. The Morgan fingerprint density at radius 2 is 1.63 bits per heavy atom. The molecule has 1 aliphatic heterocycles. The number of hydrogen-bond acceptors (Lipinski definition) is 4. The number of rotatable bonds is 8. The van der Waals surface area contributed by atoms with Crippen molar-refractivity contribution >= 4 is 46.0 Å². The van der Waals surface area contributed by atoms with Gasteiger partial charge in [0.25, 0.3) is 5.91 Å². The molecule has 0 saturated heterocycles. The van der Waals surface area contributed by atoms with Gasteiger partial charge in [0.1, 0.15) is 24.8 Å². The van der Waals surface area contributed by atoms with Gasteiger partial charge < -0.3 is 24.8 Å². The van der Waals surface area contributed by atoms with Crippen molar-refractivity contribution < 1.29 is 24.3 Å². The maximum absolute atomic E-state index is 14.0. The van der Waals surface area contributed by atoms with Gasteiger partial charge in [0, 0.05) is 28.3 Å². The van der Waals surface area contributed by atoms with Crippen molar-refractivity contribution in [3.63, 3.8) is 0 Å². The van der Waals surface area contributed by atoms with E-state index in [9.17, 15) is 24.3 Å². The second kappa shape index (κ2) is 11.7. The number of carboxylic acids is 1. The number of anilines is 2. The molecule has 3 amide bonds. The normalized spacial score (nSPS) is 15.0. The van der Waals surface area contributed by atoms with Crippen LogP contribution in [0.5, 0.6) is 0 Å². The van der Waals surface area contributed by atoms with Gasteiger partial charge in [-0.3, -0.25) is 19.2 Å². The Balaban J connectivity index is 1.45. The fourth-order valence-corrected chi connectivity index (χ4v) is 5.48. The smallest absolute Gasteiger partial charge is 0.323 e. The van der Waals surface area contributed by atoms with Crippen LogP contribution in [0.1, 0.15) is 36.3 Å². The largest absolute Gasteiger partial charge is 0.480 e. The van der Waals surface area contributed by atoms with E-state index in [1.165, 1.54) is 9.47 Å². The number of aromatic nitrogens is 1. The maximum Gasteiger partial charge on any atom is 0.323 e. The summed E-state index contributed by atoms with van der Waals surface area (Å²) < 4.78 is 1.44. The summed E-state index contributed by atoms with van der Waals surface area (Å²) in [6.45, 7) is 3.24. The van der Waals surface area contributed by atoms with Gasteiger partial charge in [0.15, 0.2) is 0 Å². The third-order valence-electron chi connectivity index (χ3n) is 7.30. The summed E-state index contributed by atoms with van der Waals surface area (Å²) in [6, 6.07) is 24.5. The molecule has 0 fully saturated rings. The minimum absolute atomic E-state index is 0.145.